The van der Waals surface area contributed by atoms with Crippen molar-refractivity contribution in [3.63, 3.8) is 0 Å². The van der Waals surface area contributed by atoms with Crippen LogP contribution in [0.2, 0.25) is 5.02 Å². The number of nitrogens with zero attached hydrogens (tertiary/aromatic N) is 1. The summed E-state index contributed by atoms with van der Waals surface area (Å²) in [5.41, 5.74) is 0.469. The summed E-state index contributed by atoms with van der Waals surface area (Å²) in [5, 5.41) is 3.01. The van der Waals surface area contributed by atoms with Gasteiger partial charge in [-0.15, -0.1) is 0 Å². The Labute approximate surface area is 147 Å². The lowest BCUT2D eigenvalue weighted by atomic mass is 9.93. The number of benzene rings is 1. The summed E-state index contributed by atoms with van der Waals surface area (Å²) in [6.45, 7) is 1.04. The van der Waals surface area contributed by atoms with E-state index in [9.17, 15) is 13.2 Å². The summed E-state index contributed by atoms with van der Waals surface area (Å²) in [6, 6.07) is 4.63. The molecule has 1 N–H and O–H groups in total. The van der Waals surface area contributed by atoms with E-state index in [4.69, 9.17) is 11.6 Å². The predicted molar refractivity (Wildman–Crippen MR) is 94.6 cm³/mol. The molecule has 1 aliphatic heterocycles. The fourth-order valence-electron chi connectivity index (χ4n) is 3.12. The van der Waals surface area contributed by atoms with Gasteiger partial charge in [0.15, 0.2) is 0 Å². The first-order chi connectivity index (χ1) is 11.5. The summed E-state index contributed by atoms with van der Waals surface area (Å²) in [4.78, 5) is 12.4. The normalized spacial score (nSPS) is 21.8. The zero-order valence-electron chi connectivity index (χ0n) is 13.4. The third-order valence-electron chi connectivity index (χ3n) is 4.52. The van der Waals surface area contributed by atoms with Crippen LogP contribution < -0.4 is 5.32 Å². The van der Waals surface area contributed by atoms with Gasteiger partial charge in [0.25, 0.3) is 0 Å². The van der Waals surface area contributed by atoms with Crippen LogP contribution in [0, 0.1) is 5.92 Å². The number of halogens is 1. The number of hydrogen-bond acceptors (Lipinski definition) is 3. The van der Waals surface area contributed by atoms with Crippen molar-refractivity contribution < 1.29 is 13.2 Å². The molecule has 7 heteroatoms. The number of amides is 1. The lowest BCUT2D eigenvalue weighted by Crippen LogP contribution is -2.28. The molecule has 130 valence electrons. The summed E-state index contributed by atoms with van der Waals surface area (Å²) in [6.07, 6.45) is 8.25. The molecule has 1 aromatic rings. The number of allylic oxidation sites excluding steroid dienone is 2. The highest BCUT2D eigenvalue weighted by Crippen LogP contribution is 2.30. The van der Waals surface area contributed by atoms with Crippen LogP contribution in [-0.2, 0) is 14.8 Å². The molecule has 0 radical (unpaired) electrons. The molecule has 2 aliphatic rings. The minimum atomic E-state index is -3.61. The third kappa shape index (κ3) is 3.66. The van der Waals surface area contributed by atoms with E-state index in [1.807, 2.05) is 6.08 Å². The Kier molecular flexibility index (Phi) is 5.27. The van der Waals surface area contributed by atoms with Crippen LogP contribution in [0.3, 0.4) is 0 Å². The average molecular weight is 369 g/mol. The van der Waals surface area contributed by atoms with E-state index >= 15 is 0 Å². The van der Waals surface area contributed by atoms with Crippen LogP contribution in [0.5, 0.6) is 0 Å². The SMILES string of the molecule is O=C(Nc1ccc(Cl)c(S(=O)(=O)N2CCCC2)c1)C1CC=CCC1. The van der Waals surface area contributed by atoms with Crippen LogP contribution in [-0.4, -0.2) is 31.7 Å². The highest BCUT2D eigenvalue weighted by molar-refractivity contribution is 7.89. The fraction of sp³-hybridized carbons (Fsp3) is 0.471. The predicted octanol–water partition coefficient (Wildman–Crippen LogP) is 3.42. The number of carbonyl (C=O) groups is 1. The Morgan fingerprint density at radius 2 is 1.96 bits per heavy atom. The maximum Gasteiger partial charge on any atom is 0.244 e. The van der Waals surface area contributed by atoms with E-state index in [2.05, 4.69) is 11.4 Å². The van der Waals surface area contributed by atoms with Gasteiger partial charge in [0.1, 0.15) is 4.90 Å². The van der Waals surface area contributed by atoms with Gasteiger partial charge in [-0.2, -0.15) is 4.31 Å². The fourth-order valence-corrected chi connectivity index (χ4v) is 5.14. The third-order valence-corrected chi connectivity index (χ3v) is 6.90. The number of rotatable bonds is 4. The van der Waals surface area contributed by atoms with Gasteiger partial charge in [-0.05, 0) is 50.3 Å². The molecule has 24 heavy (non-hydrogen) atoms. The molecule has 1 aromatic carbocycles. The molecule has 1 amide bonds. The summed E-state index contributed by atoms with van der Waals surface area (Å²) in [7, 11) is -3.61. The second-order valence-corrected chi connectivity index (χ2v) is 8.54. The van der Waals surface area contributed by atoms with E-state index in [-0.39, 0.29) is 21.7 Å². The molecule has 1 heterocycles. The Morgan fingerprint density at radius 3 is 2.62 bits per heavy atom. The van der Waals surface area contributed by atoms with Gasteiger partial charge in [-0.3, -0.25) is 4.79 Å². The van der Waals surface area contributed by atoms with Gasteiger partial charge in [-0.25, -0.2) is 8.42 Å². The molecule has 0 saturated carbocycles. The Bertz CT molecular complexity index is 755. The topological polar surface area (TPSA) is 66.5 Å². The highest BCUT2D eigenvalue weighted by Gasteiger charge is 2.29. The van der Waals surface area contributed by atoms with Gasteiger partial charge in [0.2, 0.25) is 15.9 Å². The summed E-state index contributed by atoms with van der Waals surface area (Å²) < 4.78 is 26.9. The van der Waals surface area contributed by atoms with Crippen molar-refractivity contribution in [1.29, 1.82) is 0 Å². The van der Waals surface area contributed by atoms with Crippen molar-refractivity contribution in [1.82, 2.24) is 4.31 Å². The van der Waals surface area contributed by atoms with Crippen molar-refractivity contribution in [2.24, 2.45) is 5.92 Å². The van der Waals surface area contributed by atoms with Gasteiger partial charge < -0.3 is 5.32 Å². The van der Waals surface area contributed by atoms with Gasteiger partial charge in [0, 0.05) is 24.7 Å². The summed E-state index contributed by atoms with van der Waals surface area (Å²) >= 11 is 6.12. The van der Waals surface area contributed by atoms with Crippen molar-refractivity contribution in [2.75, 3.05) is 18.4 Å². The molecule has 3 rings (SSSR count). The van der Waals surface area contributed by atoms with Gasteiger partial charge >= 0.3 is 0 Å². The van der Waals surface area contributed by atoms with Crippen LogP contribution in [0.4, 0.5) is 5.69 Å². The first-order valence-electron chi connectivity index (χ1n) is 8.24. The second kappa shape index (κ2) is 7.25. The number of hydrogen-bond donors (Lipinski definition) is 1. The van der Waals surface area contributed by atoms with Crippen molar-refractivity contribution in [3.05, 3.63) is 35.4 Å². The molecular weight excluding hydrogens is 348 g/mol. The molecule has 0 bridgehead atoms. The first kappa shape index (κ1) is 17.5. The minimum absolute atomic E-state index is 0.0624. The van der Waals surface area contributed by atoms with E-state index < -0.39 is 10.0 Å². The molecule has 1 unspecified atom stereocenters. The lowest BCUT2D eigenvalue weighted by Gasteiger charge is -2.19. The molecule has 5 nitrogen and oxygen atoms in total. The number of anilines is 1. The largest absolute Gasteiger partial charge is 0.326 e. The minimum Gasteiger partial charge on any atom is -0.326 e. The molecule has 1 atom stereocenters. The molecule has 1 aliphatic carbocycles. The molecular formula is C17H21ClN2O3S. The van der Waals surface area contributed by atoms with Crippen molar-refractivity contribution >= 4 is 33.2 Å². The van der Waals surface area contributed by atoms with Crippen molar-refractivity contribution in [3.8, 4) is 0 Å². The zero-order chi connectivity index (χ0) is 17.2. The highest BCUT2D eigenvalue weighted by atomic mass is 35.5. The molecule has 0 aromatic heterocycles. The quantitative estimate of drug-likeness (QED) is 0.828. The van der Waals surface area contributed by atoms with Gasteiger partial charge in [-0.1, -0.05) is 23.8 Å². The molecule has 1 fully saturated rings. The Hall–Kier alpha value is -1.37. The zero-order valence-corrected chi connectivity index (χ0v) is 14.9. The van der Waals surface area contributed by atoms with Crippen LogP contribution in [0.15, 0.2) is 35.2 Å². The first-order valence-corrected chi connectivity index (χ1v) is 10.1. The van der Waals surface area contributed by atoms with E-state index in [0.29, 0.717) is 18.8 Å². The monoisotopic (exact) mass is 368 g/mol. The smallest absolute Gasteiger partial charge is 0.244 e. The van der Waals surface area contributed by atoms with E-state index in [1.165, 1.54) is 16.4 Å². The second-order valence-electron chi connectivity index (χ2n) is 6.23. The lowest BCUT2D eigenvalue weighted by molar-refractivity contribution is -0.120. The number of carbonyl (C=O) groups excluding carboxylic acids is 1. The number of sulfonamides is 1. The molecule has 1 saturated heterocycles. The van der Waals surface area contributed by atoms with Crippen molar-refractivity contribution in [2.45, 2.75) is 37.0 Å². The van der Waals surface area contributed by atoms with Crippen LogP contribution >= 0.6 is 11.6 Å². The summed E-state index contributed by atoms with van der Waals surface area (Å²) in [5.74, 6) is -0.143. The molecule has 0 spiro atoms. The maximum absolute atomic E-state index is 12.7. The average Bonchev–Trinajstić information content (AvgIpc) is 3.12. The van der Waals surface area contributed by atoms with Gasteiger partial charge in [0.05, 0.1) is 5.02 Å². The van der Waals surface area contributed by atoms with E-state index in [0.717, 1.165) is 32.1 Å². The standard InChI is InChI=1S/C17H21ClN2O3S/c18-15-9-8-14(19-17(21)13-6-2-1-3-7-13)12-16(15)24(22,23)20-10-4-5-11-20/h1-2,8-9,12-13H,3-7,10-11H2,(H,19,21). The number of nitrogens with one attached hydrogen (secondary N) is 1. The van der Waals surface area contributed by atoms with Crippen LogP contribution in [0.25, 0.3) is 0 Å². The maximum atomic E-state index is 12.7. The van der Waals surface area contributed by atoms with E-state index in [1.54, 1.807) is 6.07 Å². The Balaban J connectivity index is 1.81. The van der Waals surface area contributed by atoms with Crippen LogP contribution in [0.1, 0.15) is 32.1 Å². The Morgan fingerprint density at radius 1 is 1.21 bits per heavy atom.